The van der Waals surface area contributed by atoms with E-state index >= 15 is 0 Å². The van der Waals surface area contributed by atoms with Gasteiger partial charge >= 0.3 is 6.09 Å². The smallest absolute Gasteiger partial charge is 0.407 e. The normalized spacial score (nSPS) is 14.0. The summed E-state index contributed by atoms with van der Waals surface area (Å²) < 4.78 is 19.7. The van der Waals surface area contributed by atoms with Crippen LogP contribution in [0.5, 0.6) is 0 Å². The molecule has 3 rings (SSSR count). The second-order valence-corrected chi connectivity index (χ2v) is 8.71. The summed E-state index contributed by atoms with van der Waals surface area (Å²) in [5.74, 6) is -2.21. The molecule has 0 aliphatic carbocycles. The van der Waals surface area contributed by atoms with E-state index in [9.17, 15) is 23.6 Å². The van der Waals surface area contributed by atoms with E-state index in [2.05, 4.69) is 10.6 Å². The van der Waals surface area contributed by atoms with E-state index in [1.54, 1.807) is 51.1 Å². The van der Waals surface area contributed by atoms with E-state index in [4.69, 9.17) is 4.74 Å². The first kappa shape index (κ1) is 23.9. The van der Waals surface area contributed by atoms with Gasteiger partial charge in [0, 0.05) is 7.05 Å². The zero-order chi connectivity index (χ0) is 24.3. The van der Waals surface area contributed by atoms with Crippen LogP contribution in [0.4, 0.5) is 9.18 Å². The summed E-state index contributed by atoms with van der Waals surface area (Å²) in [4.78, 5) is 50.8. The lowest BCUT2D eigenvalue weighted by Crippen LogP contribution is -2.48. The number of alkyl carbamates (subject to hydrolysis) is 1. The molecule has 2 aromatic carbocycles. The average Bonchev–Trinajstić information content (AvgIpc) is 2.97. The van der Waals surface area contributed by atoms with Crippen molar-refractivity contribution >= 4 is 23.8 Å². The second kappa shape index (κ2) is 9.40. The summed E-state index contributed by atoms with van der Waals surface area (Å²) in [5, 5.41) is 5.04. The fourth-order valence-electron chi connectivity index (χ4n) is 3.55. The highest BCUT2D eigenvalue weighted by atomic mass is 19.1. The van der Waals surface area contributed by atoms with Crippen LogP contribution in [0.3, 0.4) is 0 Å². The highest BCUT2D eigenvalue weighted by Gasteiger charge is 2.37. The van der Waals surface area contributed by atoms with E-state index in [1.165, 1.54) is 19.2 Å². The molecule has 0 spiro atoms. The highest BCUT2D eigenvalue weighted by molar-refractivity contribution is 6.21. The number of amides is 4. The van der Waals surface area contributed by atoms with Crippen molar-refractivity contribution in [3.63, 3.8) is 0 Å². The third kappa shape index (κ3) is 5.54. The summed E-state index contributed by atoms with van der Waals surface area (Å²) in [6.07, 6.45) is -0.635. The van der Waals surface area contributed by atoms with Crippen molar-refractivity contribution < 1.29 is 28.3 Å². The van der Waals surface area contributed by atoms with Gasteiger partial charge in [0.05, 0.1) is 29.3 Å². The molecule has 0 bridgehead atoms. The van der Waals surface area contributed by atoms with Crippen molar-refractivity contribution in [3.05, 3.63) is 70.5 Å². The minimum atomic E-state index is -0.759. The molecule has 0 unspecified atom stereocenters. The molecular formula is C24H26FN3O5. The fourth-order valence-corrected chi connectivity index (χ4v) is 3.55. The molecule has 1 aliphatic rings. The van der Waals surface area contributed by atoms with Gasteiger partial charge in [-0.2, -0.15) is 0 Å². The van der Waals surface area contributed by atoms with Crippen LogP contribution in [0, 0.1) is 5.82 Å². The monoisotopic (exact) mass is 455 g/mol. The Bertz CT molecular complexity index is 1070. The standard InChI is InChI=1S/C24H26FN3O5/c1-24(2,3)33-23(32)27-15(11-14-9-10-18(19(25)12-14)20(29)26-4)13-28-21(30)16-7-5-6-8-17(16)22(28)31/h5-10,12,15H,11,13H2,1-4H3,(H,26,29)(H,27,32)/t15-/m0/s1. The number of nitrogens with zero attached hydrogens (tertiary/aromatic N) is 1. The molecule has 1 atom stereocenters. The summed E-state index contributed by atoms with van der Waals surface area (Å²) in [7, 11) is 1.40. The third-order valence-electron chi connectivity index (χ3n) is 4.99. The van der Waals surface area contributed by atoms with Gasteiger partial charge in [0.1, 0.15) is 11.4 Å². The van der Waals surface area contributed by atoms with E-state index in [-0.39, 0.29) is 18.5 Å². The Kier molecular flexibility index (Phi) is 6.81. The van der Waals surface area contributed by atoms with Gasteiger partial charge in [-0.3, -0.25) is 19.3 Å². The quantitative estimate of drug-likeness (QED) is 0.652. The van der Waals surface area contributed by atoms with E-state index in [1.807, 2.05) is 0 Å². The SMILES string of the molecule is CNC(=O)c1ccc(C[C@@H](CN2C(=O)c3ccccc3C2=O)NC(=O)OC(C)(C)C)cc1F. The molecule has 0 saturated heterocycles. The van der Waals surface area contributed by atoms with Crippen molar-refractivity contribution in [1.82, 2.24) is 15.5 Å². The van der Waals surface area contributed by atoms with Crippen molar-refractivity contribution in [3.8, 4) is 0 Å². The van der Waals surface area contributed by atoms with Crippen molar-refractivity contribution in [2.75, 3.05) is 13.6 Å². The van der Waals surface area contributed by atoms with Crippen LogP contribution in [0.2, 0.25) is 0 Å². The number of rotatable bonds is 6. The molecule has 4 amide bonds. The first-order valence-corrected chi connectivity index (χ1v) is 10.5. The number of hydrogen-bond donors (Lipinski definition) is 2. The Morgan fingerprint density at radius 2 is 1.67 bits per heavy atom. The van der Waals surface area contributed by atoms with Gasteiger partial charge in [0.25, 0.3) is 17.7 Å². The molecule has 9 heteroatoms. The molecule has 2 aromatic rings. The van der Waals surface area contributed by atoms with Gasteiger partial charge in [0.15, 0.2) is 0 Å². The second-order valence-electron chi connectivity index (χ2n) is 8.71. The van der Waals surface area contributed by atoms with Crippen LogP contribution in [0.1, 0.15) is 57.4 Å². The molecular weight excluding hydrogens is 429 g/mol. The molecule has 0 saturated carbocycles. The average molecular weight is 455 g/mol. The number of hydrogen-bond acceptors (Lipinski definition) is 5. The molecule has 0 aromatic heterocycles. The lowest BCUT2D eigenvalue weighted by atomic mass is 10.0. The maximum absolute atomic E-state index is 14.4. The number of carbonyl (C=O) groups is 4. The predicted octanol–water partition coefficient (Wildman–Crippen LogP) is 2.92. The molecule has 1 heterocycles. The van der Waals surface area contributed by atoms with Gasteiger partial charge in [-0.05, 0) is 57.0 Å². The minimum Gasteiger partial charge on any atom is -0.444 e. The van der Waals surface area contributed by atoms with Crippen molar-refractivity contribution in [2.45, 2.75) is 38.8 Å². The molecule has 1 aliphatic heterocycles. The van der Waals surface area contributed by atoms with E-state index < -0.39 is 41.3 Å². The Labute approximate surface area is 191 Å². The lowest BCUT2D eigenvalue weighted by molar-refractivity contribution is 0.0468. The zero-order valence-corrected chi connectivity index (χ0v) is 18.9. The Morgan fingerprint density at radius 3 is 2.18 bits per heavy atom. The first-order chi connectivity index (χ1) is 15.5. The van der Waals surface area contributed by atoms with Gasteiger partial charge in [-0.15, -0.1) is 0 Å². The first-order valence-electron chi connectivity index (χ1n) is 10.5. The molecule has 8 nitrogen and oxygen atoms in total. The molecule has 2 N–H and O–H groups in total. The molecule has 0 radical (unpaired) electrons. The largest absolute Gasteiger partial charge is 0.444 e. The number of nitrogens with one attached hydrogen (secondary N) is 2. The lowest BCUT2D eigenvalue weighted by Gasteiger charge is -2.26. The molecule has 33 heavy (non-hydrogen) atoms. The topological polar surface area (TPSA) is 105 Å². The van der Waals surface area contributed by atoms with E-state index in [0.29, 0.717) is 16.7 Å². The van der Waals surface area contributed by atoms with Gasteiger partial charge in [0.2, 0.25) is 0 Å². The number of halogens is 1. The highest BCUT2D eigenvalue weighted by Crippen LogP contribution is 2.23. The van der Waals surface area contributed by atoms with Gasteiger partial charge < -0.3 is 15.4 Å². The predicted molar refractivity (Wildman–Crippen MR) is 118 cm³/mol. The zero-order valence-electron chi connectivity index (χ0n) is 18.9. The number of ether oxygens (including phenoxy) is 1. The number of imide groups is 1. The van der Waals surface area contributed by atoms with Crippen LogP contribution >= 0.6 is 0 Å². The summed E-state index contributed by atoms with van der Waals surface area (Å²) >= 11 is 0. The van der Waals surface area contributed by atoms with Crippen LogP contribution in [-0.2, 0) is 11.2 Å². The Hall–Kier alpha value is -3.75. The van der Waals surface area contributed by atoms with Gasteiger partial charge in [-0.1, -0.05) is 18.2 Å². The number of fused-ring (bicyclic) bond motifs is 1. The molecule has 0 fully saturated rings. The van der Waals surface area contributed by atoms with Gasteiger partial charge in [-0.25, -0.2) is 9.18 Å². The maximum Gasteiger partial charge on any atom is 0.407 e. The van der Waals surface area contributed by atoms with Crippen molar-refractivity contribution in [1.29, 1.82) is 0 Å². The number of carbonyl (C=O) groups excluding carboxylic acids is 4. The minimum absolute atomic E-state index is 0.0948. The van der Waals surface area contributed by atoms with Crippen LogP contribution in [-0.4, -0.2) is 54.0 Å². The third-order valence-corrected chi connectivity index (χ3v) is 4.99. The Balaban J connectivity index is 1.84. The van der Waals surface area contributed by atoms with Crippen LogP contribution < -0.4 is 10.6 Å². The number of benzene rings is 2. The maximum atomic E-state index is 14.4. The molecule has 174 valence electrons. The van der Waals surface area contributed by atoms with Crippen LogP contribution in [0.15, 0.2) is 42.5 Å². The summed E-state index contributed by atoms with van der Waals surface area (Å²) in [5.41, 5.74) is 0.181. The Morgan fingerprint density at radius 1 is 1.06 bits per heavy atom. The summed E-state index contributed by atoms with van der Waals surface area (Å²) in [6, 6.07) is 9.80. The fraction of sp³-hybridized carbons (Fsp3) is 0.333. The van der Waals surface area contributed by atoms with Crippen LogP contribution in [0.25, 0.3) is 0 Å². The summed E-state index contributed by atoms with van der Waals surface area (Å²) in [6.45, 7) is 4.99. The van der Waals surface area contributed by atoms with E-state index in [0.717, 1.165) is 4.90 Å². The van der Waals surface area contributed by atoms with Crippen molar-refractivity contribution in [2.24, 2.45) is 0 Å².